The van der Waals surface area contributed by atoms with Crippen molar-refractivity contribution < 1.29 is 19.8 Å². The summed E-state index contributed by atoms with van der Waals surface area (Å²) in [5.74, 6) is -0.757. The molecular weight excluding hydrogens is 244 g/mol. The van der Waals surface area contributed by atoms with E-state index in [0.717, 1.165) is 12.8 Å². The molecule has 4 nitrogen and oxygen atoms in total. The Labute approximate surface area is 113 Å². The Hall–Kier alpha value is -1.32. The van der Waals surface area contributed by atoms with E-state index in [1.165, 1.54) is 0 Å². The Balaban J connectivity index is 2.30. The van der Waals surface area contributed by atoms with E-state index in [-0.39, 0.29) is 17.8 Å². The van der Waals surface area contributed by atoms with Gasteiger partial charge in [-0.1, -0.05) is 19.9 Å². The van der Waals surface area contributed by atoms with Gasteiger partial charge in [-0.2, -0.15) is 0 Å². The van der Waals surface area contributed by atoms with Crippen LogP contribution in [-0.2, 0) is 9.59 Å². The number of carboxylic acid groups (broad SMARTS) is 2. The lowest BCUT2D eigenvalue weighted by molar-refractivity contribution is -0.147. The van der Waals surface area contributed by atoms with Crippen LogP contribution in [0.3, 0.4) is 0 Å². The predicted octanol–water partition coefficient (Wildman–Crippen LogP) is 2.79. The van der Waals surface area contributed by atoms with E-state index in [0.29, 0.717) is 30.3 Å². The summed E-state index contributed by atoms with van der Waals surface area (Å²) in [5, 5.41) is 18.5. The second-order valence-electron chi connectivity index (χ2n) is 6.21. The third-order valence-electron chi connectivity index (χ3n) is 4.91. The highest BCUT2D eigenvalue weighted by Gasteiger charge is 2.44. The van der Waals surface area contributed by atoms with Crippen molar-refractivity contribution in [2.45, 2.75) is 39.5 Å². The number of hydrogen-bond donors (Lipinski definition) is 2. The lowest BCUT2D eigenvalue weighted by Crippen LogP contribution is -2.41. The Bertz CT molecular complexity index is 410. The largest absolute Gasteiger partial charge is 0.481 e. The van der Waals surface area contributed by atoms with E-state index in [1.807, 2.05) is 6.08 Å². The number of carboxylic acids is 2. The van der Waals surface area contributed by atoms with Gasteiger partial charge in [0.15, 0.2) is 0 Å². The second kappa shape index (κ2) is 5.35. The summed E-state index contributed by atoms with van der Waals surface area (Å²) in [6.07, 6.45) is 4.68. The summed E-state index contributed by atoms with van der Waals surface area (Å²) in [6.45, 7) is 4.29. The molecule has 1 fully saturated rings. The van der Waals surface area contributed by atoms with E-state index in [9.17, 15) is 14.7 Å². The quantitative estimate of drug-likeness (QED) is 0.823. The Morgan fingerprint density at radius 3 is 2.42 bits per heavy atom. The van der Waals surface area contributed by atoms with Gasteiger partial charge in [0.25, 0.3) is 0 Å². The Kier molecular flexibility index (Phi) is 3.97. The van der Waals surface area contributed by atoms with Gasteiger partial charge in [-0.3, -0.25) is 4.79 Å². The van der Waals surface area contributed by atoms with Crippen LogP contribution < -0.4 is 0 Å². The fourth-order valence-electron chi connectivity index (χ4n) is 3.91. The topological polar surface area (TPSA) is 74.6 Å². The van der Waals surface area contributed by atoms with Gasteiger partial charge in [-0.15, -0.1) is 0 Å². The van der Waals surface area contributed by atoms with Gasteiger partial charge in [0, 0.05) is 5.57 Å². The first kappa shape index (κ1) is 14.1. The molecule has 2 rings (SSSR count). The Morgan fingerprint density at radius 1 is 1.21 bits per heavy atom. The minimum absolute atomic E-state index is 0.113. The average Bonchev–Trinajstić information content (AvgIpc) is 2.36. The fraction of sp³-hybridized carbons (Fsp3) is 0.733. The molecule has 2 aliphatic rings. The lowest BCUT2D eigenvalue weighted by atomic mass is 9.60. The average molecular weight is 266 g/mol. The van der Waals surface area contributed by atoms with Crippen molar-refractivity contribution in [2.75, 3.05) is 0 Å². The molecule has 106 valence electrons. The van der Waals surface area contributed by atoms with Gasteiger partial charge in [-0.05, 0) is 49.4 Å². The van der Waals surface area contributed by atoms with Crippen LogP contribution in [0.4, 0.5) is 0 Å². The second-order valence-corrected chi connectivity index (χ2v) is 6.21. The summed E-state index contributed by atoms with van der Waals surface area (Å²) in [7, 11) is 0. The molecule has 0 aliphatic heterocycles. The van der Waals surface area contributed by atoms with Gasteiger partial charge in [0.1, 0.15) is 0 Å². The molecule has 0 heterocycles. The maximum absolute atomic E-state index is 11.4. The molecule has 2 N–H and O–H groups in total. The van der Waals surface area contributed by atoms with Crippen LogP contribution in [0.1, 0.15) is 39.5 Å². The number of allylic oxidation sites excluding steroid dienone is 1. The first-order valence-electron chi connectivity index (χ1n) is 7.08. The molecule has 4 heteroatoms. The van der Waals surface area contributed by atoms with Gasteiger partial charge in [0.2, 0.25) is 0 Å². The van der Waals surface area contributed by atoms with E-state index >= 15 is 0 Å². The van der Waals surface area contributed by atoms with Crippen molar-refractivity contribution in [2.24, 2.45) is 29.6 Å². The molecule has 0 radical (unpaired) electrons. The van der Waals surface area contributed by atoms with Crippen LogP contribution >= 0.6 is 0 Å². The zero-order valence-corrected chi connectivity index (χ0v) is 11.5. The van der Waals surface area contributed by atoms with E-state index < -0.39 is 11.9 Å². The highest BCUT2D eigenvalue weighted by Crippen LogP contribution is 2.48. The van der Waals surface area contributed by atoms with Crippen molar-refractivity contribution in [3.05, 3.63) is 11.6 Å². The first-order chi connectivity index (χ1) is 8.91. The zero-order chi connectivity index (χ0) is 14.2. The van der Waals surface area contributed by atoms with E-state index in [4.69, 9.17) is 5.11 Å². The fourth-order valence-corrected chi connectivity index (χ4v) is 3.91. The molecule has 0 unspecified atom stereocenters. The monoisotopic (exact) mass is 266 g/mol. The minimum Gasteiger partial charge on any atom is -0.481 e. The smallest absolute Gasteiger partial charge is 0.331 e. The van der Waals surface area contributed by atoms with Crippen LogP contribution in [0.25, 0.3) is 0 Å². The summed E-state index contributed by atoms with van der Waals surface area (Å²) >= 11 is 0. The molecule has 0 spiro atoms. The number of fused-ring (bicyclic) bond motifs is 1. The van der Waals surface area contributed by atoms with Crippen LogP contribution in [0.2, 0.25) is 0 Å². The SMILES string of the molecule is CC(C)[C@H]1CC[C@H](C(=O)O)[C@H]2CCC(C(=O)O)=C[C@@H]21. The summed E-state index contributed by atoms with van der Waals surface area (Å²) in [4.78, 5) is 22.5. The number of hydrogen-bond acceptors (Lipinski definition) is 2. The molecule has 0 aromatic carbocycles. The minimum atomic E-state index is -0.849. The normalized spacial score (nSPS) is 34.6. The third-order valence-corrected chi connectivity index (χ3v) is 4.91. The van der Waals surface area contributed by atoms with Crippen LogP contribution in [0, 0.1) is 29.6 Å². The molecule has 0 bridgehead atoms. The maximum atomic E-state index is 11.4. The number of rotatable bonds is 3. The van der Waals surface area contributed by atoms with Gasteiger partial charge >= 0.3 is 11.9 Å². The van der Waals surface area contributed by atoms with Crippen LogP contribution in [0.5, 0.6) is 0 Å². The van der Waals surface area contributed by atoms with E-state index in [2.05, 4.69) is 13.8 Å². The molecule has 0 amide bonds. The van der Waals surface area contributed by atoms with Crippen LogP contribution in [0.15, 0.2) is 11.6 Å². The summed E-state index contributed by atoms with van der Waals surface area (Å²) in [5.41, 5.74) is 0.470. The number of carbonyl (C=O) groups is 2. The highest BCUT2D eigenvalue weighted by molar-refractivity contribution is 5.86. The molecule has 0 aromatic rings. The highest BCUT2D eigenvalue weighted by atomic mass is 16.4. The van der Waals surface area contributed by atoms with Crippen molar-refractivity contribution in [3.8, 4) is 0 Å². The van der Waals surface area contributed by atoms with Crippen LogP contribution in [-0.4, -0.2) is 22.2 Å². The van der Waals surface area contributed by atoms with Gasteiger partial charge in [-0.25, -0.2) is 4.79 Å². The molecule has 19 heavy (non-hydrogen) atoms. The number of aliphatic carboxylic acids is 2. The van der Waals surface area contributed by atoms with Crippen molar-refractivity contribution in [3.63, 3.8) is 0 Å². The molecule has 0 aromatic heterocycles. The van der Waals surface area contributed by atoms with Gasteiger partial charge < -0.3 is 10.2 Å². The Morgan fingerprint density at radius 2 is 1.89 bits per heavy atom. The lowest BCUT2D eigenvalue weighted by Gasteiger charge is -2.44. The molecule has 4 atom stereocenters. The molecule has 0 saturated heterocycles. The van der Waals surface area contributed by atoms with E-state index in [1.54, 1.807) is 0 Å². The maximum Gasteiger partial charge on any atom is 0.331 e. The first-order valence-corrected chi connectivity index (χ1v) is 7.08. The summed E-state index contributed by atoms with van der Waals surface area (Å²) in [6, 6.07) is 0. The van der Waals surface area contributed by atoms with Crippen molar-refractivity contribution in [1.82, 2.24) is 0 Å². The third kappa shape index (κ3) is 2.67. The predicted molar refractivity (Wildman–Crippen MR) is 70.6 cm³/mol. The summed E-state index contributed by atoms with van der Waals surface area (Å²) < 4.78 is 0. The molecule has 1 saturated carbocycles. The van der Waals surface area contributed by atoms with Gasteiger partial charge in [0.05, 0.1) is 5.92 Å². The zero-order valence-electron chi connectivity index (χ0n) is 11.5. The standard InChI is InChI=1S/C15H22O4/c1-8(2)10-5-6-12(15(18)19)11-4-3-9(14(16)17)7-13(10)11/h7-8,10-13H,3-6H2,1-2H3,(H,16,17)(H,18,19)/t10-,11-,12+,13-/m1/s1. The molecule has 2 aliphatic carbocycles. The van der Waals surface area contributed by atoms with Crippen molar-refractivity contribution in [1.29, 1.82) is 0 Å². The van der Waals surface area contributed by atoms with Crippen molar-refractivity contribution >= 4 is 11.9 Å². The molecular formula is C15H22O4.